The zero-order valence-corrected chi connectivity index (χ0v) is 20.6. The minimum absolute atomic E-state index is 0.196. The molecule has 0 saturated carbocycles. The second-order valence-electron chi connectivity index (χ2n) is 9.06. The van der Waals surface area contributed by atoms with E-state index in [1.807, 2.05) is 58.0 Å². The van der Waals surface area contributed by atoms with Crippen molar-refractivity contribution in [3.63, 3.8) is 0 Å². The van der Waals surface area contributed by atoms with E-state index < -0.39 is 13.5 Å². The van der Waals surface area contributed by atoms with Crippen molar-refractivity contribution in [1.82, 2.24) is 0 Å². The summed E-state index contributed by atoms with van der Waals surface area (Å²) in [5, 5.41) is 10.5. The number of benzene rings is 1. The minimum atomic E-state index is -3.54. The van der Waals surface area contributed by atoms with E-state index in [1.54, 1.807) is 4.67 Å². The molecule has 1 N–H and O–H groups in total. The van der Waals surface area contributed by atoms with Crippen LogP contribution in [-0.2, 0) is 19.2 Å². The van der Waals surface area contributed by atoms with Gasteiger partial charge in [-0.1, -0.05) is 38.5 Å². The van der Waals surface area contributed by atoms with Gasteiger partial charge in [-0.15, -0.1) is 11.3 Å². The molecule has 1 saturated heterocycles. The number of ether oxygens (including phenoxy) is 1. The first-order valence-corrected chi connectivity index (χ1v) is 12.9. The fourth-order valence-electron chi connectivity index (χ4n) is 3.69. The van der Waals surface area contributed by atoms with Gasteiger partial charge in [0.1, 0.15) is 4.88 Å². The van der Waals surface area contributed by atoms with Crippen molar-refractivity contribution in [2.75, 3.05) is 31.5 Å². The van der Waals surface area contributed by atoms with E-state index in [9.17, 15) is 14.5 Å². The number of hydrogen-bond donors (Lipinski definition) is 1. The molecule has 8 heteroatoms. The average molecular weight is 466 g/mol. The monoisotopic (exact) mass is 465 g/mol. The first-order chi connectivity index (χ1) is 14.6. The van der Waals surface area contributed by atoms with Crippen molar-refractivity contribution in [3.05, 3.63) is 45.6 Å². The molecule has 1 fully saturated rings. The molecule has 0 spiro atoms. The number of carboxylic acid groups (broad SMARTS) is 1. The van der Waals surface area contributed by atoms with Crippen LogP contribution in [0.15, 0.2) is 30.3 Å². The third kappa shape index (κ3) is 5.23. The highest BCUT2D eigenvalue weighted by molar-refractivity contribution is 7.68. The Labute approximate surface area is 188 Å². The van der Waals surface area contributed by atoms with Crippen LogP contribution in [0.2, 0.25) is 0 Å². The van der Waals surface area contributed by atoms with Crippen LogP contribution in [0, 0.1) is 12.8 Å². The molecule has 1 aliphatic heterocycles. The number of anilines is 1. The van der Waals surface area contributed by atoms with Crippen LogP contribution in [0.1, 0.15) is 53.7 Å². The Morgan fingerprint density at radius 2 is 1.87 bits per heavy atom. The second kappa shape index (κ2) is 9.45. The Bertz CT molecular complexity index is 957. The van der Waals surface area contributed by atoms with Crippen LogP contribution >= 0.6 is 18.9 Å². The summed E-state index contributed by atoms with van der Waals surface area (Å²) in [6.07, 6.45) is 1.68. The smallest absolute Gasteiger partial charge is 0.348 e. The normalized spacial score (nSPS) is 17.3. The highest BCUT2D eigenvalue weighted by atomic mass is 32.1. The van der Waals surface area contributed by atoms with Gasteiger partial charge in [-0.25, -0.2) is 4.79 Å². The predicted octanol–water partition coefficient (Wildman–Crippen LogP) is 5.45. The van der Waals surface area contributed by atoms with Gasteiger partial charge in [-0.2, -0.15) is 0 Å². The third-order valence-corrected chi connectivity index (χ3v) is 9.62. The van der Waals surface area contributed by atoms with E-state index in [-0.39, 0.29) is 16.2 Å². The summed E-state index contributed by atoms with van der Waals surface area (Å²) < 4.78 is 27.3. The molecule has 2 heterocycles. The Balaban J connectivity index is 2.16. The number of nitrogens with zero attached hydrogens (tertiary/aromatic N) is 1. The maximum atomic E-state index is 14.4. The van der Waals surface area contributed by atoms with Gasteiger partial charge in [0.25, 0.3) is 0 Å². The lowest BCUT2D eigenvalue weighted by Gasteiger charge is -2.36. The van der Waals surface area contributed by atoms with E-state index >= 15 is 0 Å². The van der Waals surface area contributed by atoms with Crippen LogP contribution in [0.5, 0.6) is 0 Å². The molecule has 6 nitrogen and oxygen atoms in total. The summed E-state index contributed by atoms with van der Waals surface area (Å²) >= 11 is 1.25. The molecule has 170 valence electrons. The quantitative estimate of drug-likeness (QED) is 0.548. The summed E-state index contributed by atoms with van der Waals surface area (Å²) in [4.78, 5) is 13.3. The molecule has 2 aromatic rings. The SMILES string of the molecule is COP(=O)(c1ccc(C)cc1)N(CC1CCOCC1)c1cc(C(C)(C)C)sc1C(=O)O. The Morgan fingerprint density at radius 3 is 2.39 bits per heavy atom. The Morgan fingerprint density at radius 1 is 1.26 bits per heavy atom. The van der Waals surface area contributed by atoms with Crippen LogP contribution in [0.4, 0.5) is 5.69 Å². The fourth-order valence-corrected chi connectivity index (χ4v) is 6.92. The van der Waals surface area contributed by atoms with Crippen molar-refractivity contribution in [2.45, 2.75) is 46.0 Å². The number of hydrogen-bond acceptors (Lipinski definition) is 5. The van der Waals surface area contributed by atoms with E-state index in [1.165, 1.54) is 18.4 Å². The second-order valence-corrected chi connectivity index (χ2v) is 12.5. The summed E-state index contributed by atoms with van der Waals surface area (Å²) in [5.41, 5.74) is 1.30. The van der Waals surface area contributed by atoms with Crippen molar-refractivity contribution >= 4 is 35.8 Å². The van der Waals surface area contributed by atoms with Crippen molar-refractivity contribution in [1.29, 1.82) is 0 Å². The highest BCUT2D eigenvalue weighted by Gasteiger charge is 2.39. The van der Waals surface area contributed by atoms with Gasteiger partial charge in [0, 0.05) is 31.7 Å². The number of aryl methyl sites for hydroxylation is 1. The van der Waals surface area contributed by atoms with Gasteiger partial charge >= 0.3 is 13.5 Å². The molecule has 31 heavy (non-hydrogen) atoms. The van der Waals surface area contributed by atoms with Crippen molar-refractivity contribution in [3.8, 4) is 0 Å². The largest absolute Gasteiger partial charge is 0.477 e. The number of carboxylic acids is 1. The maximum Gasteiger partial charge on any atom is 0.348 e. The molecular weight excluding hydrogens is 433 g/mol. The van der Waals surface area contributed by atoms with Gasteiger partial charge < -0.3 is 14.4 Å². The van der Waals surface area contributed by atoms with Crippen LogP contribution in [0.25, 0.3) is 0 Å². The summed E-state index contributed by atoms with van der Waals surface area (Å²) in [6.45, 7) is 9.88. The predicted molar refractivity (Wildman–Crippen MR) is 126 cm³/mol. The lowest BCUT2D eigenvalue weighted by Crippen LogP contribution is -2.34. The number of rotatable bonds is 7. The van der Waals surface area contributed by atoms with Gasteiger partial charge in [0.05, 0.1) is 11.0 Å². The maximum absolute atomic E-state index is 14.4. The minimum Gasteiger partial charge on any atom is -0.477 e. The zero-order chi connectivity index (χ0) is 22.8. The molecule has 0 aliphatic carbocycles. The molecule has 1 atom stereocenters. The Kier molecular flexibility index (Phi) is 7.32. The van der Waals surface area contributed by atoms with E-state index in [2.05, 4.69) is 0 Å². The number of carbonyl (C=O) groups is 1. The third-order valence-electron chi connectivity index (χ3n) is 5.62. The standard InChI is InChI=1S/C23H32NO5PS/c1-16-6-8-18(9-7-16)30(27,28-5)24(15-17-10-12-29-13-11-17)19-14-20(23(2,3)4)31-21(19)22(25)26/h6-9,14,17H,10-13,15H2,1-5H3,(H,25,26). The summed E-state index contributed by atoms with van der Waals surface area (Å²) in [7, 11) is -2.10. The van der Waals surface area contributed by atoms with E-state index in [0.29, 0.717) is 30.8 Å². The molecule has 1 aliphatic rings. The molecular formula is C23H32NO5PS. The molecule has 3 rings (SSSR count). The zero-order valence-electron chi connectivity index (χ0n) is 18.9. The van der Waals surface area contributed by atoms with Gasteiger partial charge in [-0.3, -0.25) is 9.24 Å². The molecule has 1 aromatic heterocycles. The van der Waals surface area contributed by atoms with E-state index in [4.69, 9.17) is 9.26 Å². The number of thiophene rings is 1. The highest BCUT2D eigenvalue weighted by Crippen LogP contribution is 2.54. The first-order valence-electron chi connectivity index (χ1n) is 10.5. The van der Waals surface area contributed by atoms with Crippen molar-refractivity contribution in [2.24, 2.45) is 5.92 Å². The fraction of sp³-hybridized carbons (Fsp3) is 0.522. The Hall–Kier alpha value is -1.66. The van der Waals surface area contributed by atoms with E-state index in [0.717, 1.165) is 23.3 Å². The summed E-state index contributed by atoms with van der Waals surface area (Å²) in [5.74, 6) is -0.777. The van der Waals surface area contributed by atoms with Gasteiger partial charge in [0.2, 0.25) is 0 Å². The molecule has 1 aromatic carbocycles. The average Bonchev–Trinajstić information content (AvgIpc) is 3.19. The van der Waals surface area contributed by atoms with Gasteiger partial charge in [-0.05, 0) is 49.3 Å². The van der Waals surface area contributed by atoms with Crippen LogP contribution in [-0.4, -0.2) is 37.9 Å². The molecule has 0 bridgehead atoms. The molecule has 1 unspecified atom stereocenters. The molecule has 0 amide bonds. The lowest BCUT2D eigenvalue weighted by molar-refractivity contribution is 0.0683. The van der Waals surface area contributed by atoms with Crippen LogP contribution in [0.3, 0.4) is 0 Å². The first kappa shape index (κ1) is 24.0. The molecule has 0 radical (unpaired) electrons. The van der Waals surface area contributed by atoms with Crippen molar-refractivity contribution < 1.29 is 23.7 Å². The topological polar surface area (TPSA) is 76.1 Å². The van der Waals surface area contributed by atoms with Gasteiger partial charge in [0.15, 0.2) is 0 Å². The van der Waals surface area contributed by atoms with Crippen LogP contribution < -0.4 is 9.97 Å². The lowest BCUT2D eigenvalue weighted by atomic mass is 9.94. The number of aromatic carboxylic acids is 1. The summed E-state index contributed by atoms with van der Waals surface area (Å²) in [6, 6.07) is 9.31.